The van der Waals surface area contributed by atoms with Crippen molar-refractivity contribution >= 4 is 11.6 Å². The van der Waals surface area contributed by atoms with Crippen LogP contribution in [0.5, 0.6) is 0 Å². The lowest BCUT2D eigenvalue weighted by Crippen LogP contribution is -2.06. The minimum atomic E-state index is -4.41. The van der Waals surface area contributed by atoms with E-state index in [1.54, 1.807) is 0 Å². The van der Waals surface area contributed by atoms with E-state index in [2.05, 4.69) is 0 Å². The van der Waals surface area contributed by atoms with Gasteiger partial charge in [0.1, 0.15) is 5.82 Å². The van der Waals surface area contributed by atoms with E-state index in [-0.39, 0.29) is 11.4 Å². The minimum Gasteiger partial charge on any atom is -0.388 e. The van der Waals surface area contributed by atoms with Crippen LogP contribution >= 0.6 is 11.6 Å². The lowest BCUT2D eigenvalue weighted by atomic mass is 10.00. The molecule has 0 saturated heterocycles. The number of rotatable bonds is 3. The molecule has 0 aromatic heterocycles. The minimum absolute atomic E-state index is 0.0878. The predicted octanol–water partition coefficient (Wildman–Crippen LogP) is 4.77. The van der Waals surface area contributed by atoms with Gasteiger partial charge in [-0.2, -0.15) is 13.2 Å². The van der Waals surface area contributed by atoms with Gasteiger partial charge in [0.25, 0.3) is 0 Å². The Labute approximate surface area is 123 Å². The summed E-state index contributed by atoms with van der Waals surface area (Å²) < 4.78 is 50.2. The zero-order valence-electron chi connectivity index (χ0n) is 10.7. The first-order valence-electron chi connectivity index (χ1n) is 6.06. The Morgan fingerprint density at radius 3 is 2.19 bits per heavy atom. The Morgan fingerprint density at radius 1 is 1.05 bits per heavy atom. The average Bonchev–Trinajstić information content (AvgIpc) is 2.41. The summed E-state index contributed by atoms with van der Waals surface area (Å²) in [6, 6.07) is 8.01. The lowest BCUT2D eigenvalue weighted by Gasteiger charge is -2.13. The molecule has 21 heavy (non-hydrogen) atoms. The molecule has 0 amide bonds. The molecule has 0 spiro atoms. The van der Waals surface area contributed by atoms with Gasteiger partial charge in [-0.05, 0) is 35.4 Å². The third-order valence-corrected chi connectivity index (χ3v) is 3.40. The first-order chi connectivity index (χ1) is 9.77. The number of hydrogen-bond acceptors (Lipinski definition) is 1. The molecule has 112 valence electrons. The van der Waals surface area contributed by atoms with Crippen molar-refractivity contribution in [1.82, 2.24) is 0 Å². The number of alkyl halides is 3. The van der Waals surface area contributed by atoms with Crippen LogP contribution < -0.4 is 0 Å². The van der Waals surface area contributed by atoms with E-state index in [0.29, 0.717) is 11.1 Å². The highest BCUT2D eigenvalue weighted by atomic mass is 35.5. The molecule has 0 fully saturated rings. The van der Waals surface area contributed by atoms with Gasteiger partial charge < -0.3 is 5.11 Å². The Morgan fingerprint density at radius 2 is 1.67 bits per heavy atom. The first kappa shape index (κ1) is 15.8. The molecule has 2 aromatic carbocycles. The normalized spacial score (nSPS) is 13.2. The molecule has 0 saturated carbocycles. The molecule has 1 N–H and O–H groups in total. The maximum Gasteiger partial charge on any atom is 0.416 e. The second kappa shape index (κ2) is 6.03. The molecule has 0 aliphatic carbocycles. The molecule has 0 heterocycles. The molecule has 6 heteroatoms. The monoisotopic (exact) mass is 318 g/mol. The highest BCUT2D eigenvalue weighted by molar-refractivity contribution is 6.31. The summed E-state index contributed by atoms with van der Waals surface area (Å²) in [5.74, 6) is -0.493. The largest absolute Gasteiger partial charge is 0.416 e. The molecule has 1 unspecified atom stereocenters. The highest BCUT2D eigenvalue weighted by Gasteiger charge is 2.30. The lowest BCUT2D eigenvalue weighted by molar-refractivity contribution is -0.137. The van der Waals surface area contributed by atoms with Crippen molar-refractivity contribution < 1.29 is 22.7 Å². The van der Waals surface area contributed by atoms with Gasteiger partial charge in [0.2, 0.25) is 0 Å². The van der Waals surface area contributed by atoms with Crippen molar-refractivity contribution in [3.8, 4) is 0 Å². The Bertz CT molecular complexity index is 623. The Kier molecular flexibility index (Phi) is 4.54. The van der Waals surface area contributed by atoms with Gasteiger partial charge in [0, 0.05) is 11.4 Å². The maximum atomic E-state index is 12.9. The van der Waals surface area contributed by atoms with Gasteiger partial charge in [-0.15, -0.1) is 0 Å². The molecule has 1 atom stereocenters. The van der Waals surface area contributed by atoms with E-state index in [1.807, 2.05) is 0 Å². The molecule has 0 aliphatic heterocycles. The molecular weight excluding hydrogens is 308 g/mol. The van der Waals surface area contributed by atoms with E-state index in [9.17, 15) is 22.7 Å². The fourth-order valence-electron chi connectivity index (χ4n) is 1.91. The summed E-state index contributed by atoms with van der Waals surface area (Å²) in [6.45, 7) is 0. The molecule has 0 bridgehead atoms. The number of aliphatic hydroxyl groups is 1. The topological polar surface area (TPSA) is 20.2 Å². The van der Waals surface area contributed by atoms with Crippen LogP contribution in [0.3, 0.4) is 0 Å². The Hall–Kier alpha value is -1.59. The smallest absolute Gasteiger partial charge is 0.388 e. The Balaban J connectivity index is 2.15. The van der Waals surface area contributed by atoms with Crippen molar-refractivity contribution in [1.29, 1.82) is 0 Å². The van der Waals surface area contributed by atoms with Crippen molar-refractivity contribution in [2.45, 2.75) is 18.7 Å². The summed E-state index contributed by atoms with van der Waals surface area (Å²) in [5.41, 5.74) is 0.0760. The van der Waals surface area contributed by atoms with Gasteiger partial charge in [-0.25, -0.2) is 4.39 Å². The van der Waals surface area contributed by atoms with Crippen LogP contribution in [0, 0.1) is 5.82 Å². The fraction of sp³-hybridized carbons (Fsp3) is 0.200. The van der Waals surface area contributed by atoms with Crippen molar-refractivity contribution in [3.05, 3.63) is 70.0 Å². The second-order valence-corrected chi connectivity index (χ2v) is 4.98. The van der Waals surface area contributed by atoms with Crippen molar-refractivity contribution in [2.75, 3.05) is 0 Å². The van der Waals surface area contributed by atoms with Crippen LogP contribution in [-0.4, -0.2) is 5.11 Å². The zero-order chi connectivity index (χ0) is 15.6. The molecule has 0 aliphatic rings. The summed E-state index contributed by atoms with van der Waals surface area (Å²) in [4.78, 5) is 0. The van der Waals surface area contributed by atoms with Crippen LogP contribution in [0.1, 0.15) is 22.8 Å². The van der Waals surface area contributed by atoms with Crippen LogP contribution in [-0.2, 0) is 12.6 Å². The summed E-state index contributed by atoms with van der Waals surface area (Å²) in [6.07, 6.45) is -5.34. The number of hydrogen-bond donors (Lipinski definition) is 1. The quantitative estimate of drug-likeness (QED) is 0.808. The van der Waals surface area contributed by atoms with Gasteiger partial charge >= 0.3 is 6.18 Å². The summed E-state index contributed by atoms with van der Waals surface area (Å²) >= 11 is 5.85. The average molecular weight is 319 g/mol. The van der Waals surface area contributed by atoms with Crippen LogP contribution in [0.25, 0.3) is 0 Å². The third-order valence-electron chi connectivity index (χ3n) is 3.05. The number of halogens is 5. The van der Waals surface area contributed by atoms with E-state index >= 15 is 0 Å². The van der Waals surface area contributed by atoms with Crippen LogP contribution in [0.2, 0.25) is 5.02 Å². The van der Waals surface area contributed by atoms with E-state index in [1.165, 1.54) is 24.3 Å². The van der Waals surface area contributed by atoms with Gasteiger partial charge in [0.15, 0.2) is 0 Å². The second-order valence-electron chi connectivity index (χ2n) is 4.58. The van der Waals surface area contributed by atoms with E-state index < -0.39 is 23.7 Å². The summed E-state index contributed by atoms with van der Waals surface area (Å²) in [7, 11) is 0. The van der Waals surface area contributed by atoms with E-state index in [0.717, 1.165) is 18.2 Å². The van der Waals surface area contributed by atoms with Crippen molar-refractivity contribution in [3.63, 3.8) is 0 Å². The van der Waals surface area contributed by atoms with Crippen molar-refractivity contribution in [2.24, 2.45) is 0 Å². The standard InChI is InChI=1S/C15H11ClF4O/c16-13-8-12(17)6-3-10(13)7-14(21)9-1-4-11(5-2-9)15(18,19)20/h1-6,8,14,21H,7H2. The van der Waals surface area contributed by atoms with Crippen LogP contribution in [0.4, 0.5) is 17.6 Å². The predicted molar refractivity (Wildman–Crippen MR) is 71.5 cm³/mol. The number of benzene rings is 2. The fourth-order valence-corrected chi connectivity index (χ4v) is 2.15. The number of aliphatic hydroxyl groups excluding tert-OH is 1. The van der Waals surface area contributed by atoms with Gasteiger partial charge in [-0.3, -0.25) is 0 Å². The maximum absolute atomic E-state index is 12.9. The molecule has 0 radical (unpaired) electrons. The molecule has 1 nitrogen and oxygen atoms in total. The van der Waals surface area contributed by atoms with Gasteiger partial charge in [0.05, 0.1) is 11.7 Å². The highest BCUT2D eigenvalue weighted by Crippen LogP contribution is 2.31. The summed E-state index contributed by atoms with van der Waals surface area (Å²) in [5, 5.41) is 10.2. The van der Waals surface area contributed by atoms with Crippen LogP contribution in [0.15, 0.2) is 42.5 Å². The molecular formula is C15H11ClF4O. The first-order valence-corrected chi connectivity index (χ1v) is 6.44. The third kappa shape index (κ3) is 3.95. The SMILES string of the molecule is OC(Cc1ccc(F)cc1Cl)c1ccc(C(F)(F)F)cc1. The van der Waals surface area contributed by atoms with Gasteiger partial charge in [-0.1, -0.05) is 29.8 Å². The van der Waals surface area contributed by atoms with E-state index in [4.69, 9.17) is 11.6 Å². The molecule has 2 rings (SSSR count). The zero-order valence-corrected chi connectivity index (χ0v) is 11.4. The molecule has 2 aromatic rings.